The minimum absolute atomic E-state index is 0.0837. The molecule has 4 nitrogen and oxygen atoms in total. The van der Waals surface area contributed by atoms with Crippen LogP contribution in [0.1, 0.15) is 16.3 Å². The van der Waals surface area contributed by atoms with Crippen LogP contribution in [0.4, 0.5) is 4.39 Å². The van der Waals surface area contributed by atoms with Gasteiger partial charge in [-0.2, -0.15) is 0 Å². The van der Waals surface area contributed by atoms with E-state index in [2.05, 4.69) is 15.3 Å². The van der Waals surface area contributed by atoms with E-state index in [9.17, 15) is 9.18 Å². The zero-order valence-corrected chi connectivity index (χ0v) is 11.8. The number of hydrogen-bond acceptors (Lipinski definition) is 4. The predicted octanol–water partition coefficient (Wildman–Crippen LogP) is 2.51. The van der Waals surface area contributed by atoms with Crippen molar-refractivity contribution in [1.82, 2.24) is 15.3 Å². The van der Waals surface area contributed by atoms with Gasteiger partial charge in [-0.1, -0.05) is 0 Å². The Morgan fingerprint density at radius 1 is 1.63 bits per heavy atom. The van der Waals surface area contributed by atoms with E-state index in [4.69, 9.17) is 12.2 Å². The van der Waals surface area contributed by atoms with Crippen molar-refractivity contribution in [2.45, 2.75) is 19.9 Å². The molecule has 0 aliphatic rings. The molecule has 1 amide bonds. The van der Waals surface area contributed by atoms with Crippen molar-refractivity contribution in [2.24, 2.45) is 0 Å². The lowest BCUT2D eigenvalue weighted by atomic mass is 10.3. The van der Waals surface area contributed by atoms with Gasteiger partial charge < -0.3 is 10.3 Å². The fraction of sp³-hybridized carbons (Fsp3) is 0.250. The number of hydrogen-bond donors (Lipinski definition) is 2. The first kappa shape index (κ1) is 13.8. The smallest absolute Gasteiger partial charge is 0.225 e. The average molecular weight is 297 g/mol. The molecule has 2 heterocycles. The summed E-state index contributed by atoms with van der Waals surface area (Å²) in [5.74, 6) is -0.602. The van der Waals surface area contributed by atoms with Gasteiger partial charge in [-0.3, -0.25) is 9.78 Å². The van der Waals surface area contributed by atoms with E-state index in [0.717, 1.165) is 10.6 Å². The number of aromatic nitrogens is 2. The molecule has 0 aliphatic heterocycles. The molecule has 2 aromatic heterocycles. The maximum absolute atomic E-state index is 13.3. The number of thiazole rings is 1. The number of pyridine rings is 1. The number of carbonyl (C=O) groups excluding carboxylic acids is 1. The molecular weight excluding hydrogens is 285 g/mol. The molecule has 100 valence electrons. The lowest BCUT2D eigenvalue weighted by molar-refractivity contribution is -0.120. The number of aromatic amines is 1. The van der Waals surface area contributed by atoms with Gasteiger partial charge in [-0.25, -0.2) is 4.39 Å². The first-order chi connectivity index (χ1) is 9.06. The van der Waals surface area contributed by atoms with Crippen molar-refractivity contribution in [2.75, 3.05) is 0 Å². The summed E-state index contributed by atoms with van der Waals surface area (Å²) >= 11 is 6.38. The largest absolute Gasteiger partial charge is 0.350 e. The molecule has 19 heavy (non-hydrogen) atoms. The normalized spacial score (nSPS) is 10.4. The first-order valence-corrected chi connectivity index (χ1v) is 6.83. The van der Waals surface area contributed by atoms with Gasteiger partial charge in [0.15, 0.2) is 3.95 Å². The summed E-state index contributed by atoms with van der Waals surface area (Å²) in [6, 6.07) is 2.83. The Balaban J connectivity index is 1.94. The summed E-state index contributed by atoms with van der Waals surface area (Å²) in [6.07, 6.45) is 1.73. The number of aryl methyl sites for hydroxylation is 1. The second-order valence-corrected chi connectivity index (χ2v) is 5.72. The van der Waals surface area contributed by atoms with Crippen LogP contribution >= 0.6 is 23.6 Å². The highest BCUT2D eigenvalue weighted by molar-refractivity contribution is 7.73. The molecule has 0 spiro atoms. The Bertz CT molecular complexity index is 650. The Morgan fingerprint density at radius 3 is 3.05 bits per heavy atom. The Morgan fingerprint density at radius 2 is 2.42 bits per heavy atom. The molecule has 0 atom stereocenters. The van der Waals surface area contributed by atoms with Crippen LogP contribution in [0, 0.1) is 16.7 Å². The molecule has 0 saturated heterocycles. The number of H-pyrrole nitrogens is 1. The van der Waals surface area contributed by atoms with Crippen molar-refractivity contribution < 1.29 is 9.18 Å². The molecule has 0 unspecified atom stereocenters. The number of nitrogens with one attached hydrogen (secondary N) is 2. The van der Waals surface area contributed by atoms with Gasteiger partial charge in [0.05, 0.1) is 18.7 Å². The molecule has 2 aromatic rings. The number of carbonyl (C=O) groups is 1. The van der Waals surface area contributed by atoms with Crippen molar-refractivity contribution >= 4 is 29.5 Å². The molecule has 0 fully saturated rings. The summed E-state index contributed by atoms with van der Waals surface area (Å²) in [5.41, 5.74) is 1.13. The maximum Gasteiger partial charge on any atom is 0.225 e. The van der Waals surface area contributed by atoms with Crippen molar-refractivity contribution in [3.63, 3.8) is 0 Å². The zero-order chi connectivity index (χ0) is 13.8. The van der Waals surface area contributed by atoms with Gasteiger partial charge >= 0.3 is 0 Å². The molecule has 0 radical (unpaired) electrons. The molecular formula is C12H12FN3OS2. The Hall–Kier alpha value is -1.60. The molecule has 0 aromatic carbocycles. The van der Waals surface area contributed by atoms with E-state index in [-0.39, 0.29) is 24.6 Å². The zero-order valence-electron chi connectivity index (χ0n) is 10.2. The van der Waals surface area contributed by atoms with E-state index in [0.29, 0.717) is 3.95 Å². The monoisotopic (exact) mass is 297 g/mol. The van der Waals surface area contributed by atoms with Crippen molar-refractivity contribution in [3.8, 4) is 0 Å². The third-order valence-corrected chi connectivity index (χ3v) is 3.87. The molecule has 2 N–H and O–H groups in total. The first-order valence-electron chi connectivity index (χ1n) is 5.61. The number of halogens is 1. The van der Waals surface area contributed by atoms with Crippen LogP contribution in [0.3, 0.4) is 0 Å². The minimum Gasteiger partial charge on any atom is -0.350 e. The van der Waals surface area contributed by atoms with Gasteiger partial charge in [0, 0.05) is 16.8 Å². The van der Waals surface area contributed by atoms with E-state index >= 15 is 0 Å². The third-order valence-electron chi connectivity index (χ3n) is 2.53. The average Bonchev–Trinajstić information content (AvgIpc) is 2.67. The molecule has 0 bridgehead atoms. The number of rotatable bonds is 4. The van der Waals surface area contributed by atoms with Crippen LogP contribution in [0.15, 0.2) is 18.3 Å². The van der Waals surface area contributed by atoms with Gasteiger partial charge in [-0.05, 0) is 31.3 Å². The highest BCUT2D eigenvalue weighted by Crippen LogP contribution is 2.15. The summed E-state index contributed by atoms with van der Waals surface area (Å²) < 4.78 is 14.0. The van der Waals surface area contributed by atoms with Gasteiger partial charge in [0.1, 0.15) is 5.82 Å². The Labute approximate surface area is 118 Å². The second kappa shape index (κ2) is 6.03. The van der Waals surface area contributed by atoms with Gasteiger partial charge in [0.2, 0.25) is 5.91 Å². The van der Waals surface area contributed by atoms with Crippen molar-refractivity contribution in [1.29, 1.82) is 0 Å². The number of amides is 1. The van der Waals surface area contributed by atoms with E-state index in [1.165, 1.54) is 29.7 Å². The van der Waals surface area contributed by atoms with Crippen LogP contribution < -0.4 is 5.32 Å². The summed E-state index contributed by atoms with van der Waals surface area (Å²) in [5, 5.41) is 2.64. The lowest BCUT2D eigenvalue weighted by Gasteiger charge is -2.04. The fourth-order valence-corrected chi connectivity index (χ4v) is 2.83. The van der Waals surface area contributed by atoms with Crippen LogP contribution in [-0.4, -0.2) is 15.9 Å². The maximum atomic E-state index is 13.3. The van der Waals surface area contributed by atoms with E-state index < -0.39 is 5.82 Å². The standard InChI is InChI=1S/C12H12FN3OS2/c1-7-10(19-12(18)16-7)5-11(17)15-6-9-8(13)3-2-4-14-9/h2-4H,5-6H2,1H3,(H,15,17)(H,16,18). The van der Waals surface area contributed by atoms with Gasteiger partial charge in [-0.15, -0.1) is 11.3 Å². The van der Waals surface area contributed by atoms with Crippen molar-refractivity contribution in [3.05, 3.63) is 44.4 Å². The fourth-order valence-electron chi connectivity index (χ4n) is 1.54. The molecule has 7 heteroatoms. The molecule has 0 aliphatic carbocycles. The highest BCUT2D eigenvalue weighted by Gasteiger charge is 2.10. The molecule has 0 saturated carbocycles. The summed E-state index contributed by atoms with van der Waals surface area (Å²) in [4.78, 5) is 19.5. The second-order valence-electron chi connectivity index (χ2n) is 3.95. The summed E-state index contributed by atoms with van der Waals surface area (Å²) in [6.45, 7) is 1.95. The van der Waals surface area contributed by atoms with Crippen LogP contribution in [-0.2, 0) is 17.8 Å². The highest BCUT2D eigenvalue weighted by atomic mass is 32.1. The van der Waals surface area contributed by atoms with Crippen LogP contribution in [0.25, 0.3) is 0 Å². The van der Waals surface area contributed by atoms with Crippen LogP contribution in [0.5, 0.6) is 0 Å². The summed E-state index contributed by atoms with van der Waals surface area (Å²) in [7, 11) is 0. The molecule has 2 rings (SSSR count). The van der Waals surface area contributed by atoms with Crippen LogP contribution in [0.2, 0.25) is 0 Å². The SMILES string of the molecule is Cc1[nH]c(=S)sc1CC(=O)NCc1ncccc1F. The topological polar surface area (TPSA) is 57.8 Å². The minimum atomic E-state index is -0.420. The van der Waals surface area contributed by atoms with E-state index in [1.807, 2.05) is 6.92 Å². The number of nitrogens with zero attached hydrogens (tertiary/aromatic N) is 1. The van der Waals surface area contributed by atoms with Gasteiger partial charge in [0.25, 0.3) is 0 Å². The predicted molar refractivity (Wildman–Crippen MR) is 74.0 cm³/mol. The quantitative estimate of drug-likeness (QED) is 0.853. The van der Waals surface area contributed by atoms with E-state index in [1.54, 1.807) is 0 Å². The Kier molecular flexibility index (Phi) is 4.39. The lowest BCUT2D eigenvalue weighted by Crippen LogP contribution is -2.25. The third kappa shape index (κ3) is 3.68.